The van der Waals surface area contributed by atoms with Gasteiger partial charge in [0.05, 0.1) is 0 Å². The van der Waals surface area contributed by atoms with Gasteiger partial charge in [0.25, 0.3) is 0 Å². The van der Waals surface area contributed by atoms with Crippen molar-refractivity contribution in [3.05, 3.63) is 35.4 Å². The van der Waals surface area contributed by atoms with Crippen molar-refractivity contribution >= 4 is 5.97 Å². The van der Waals surface area contributed by atoms with Gasteiger partial charge in [0.2, 0.25) is 0 Å². The van der Waals surface area contributed by atoms with Crippen LogP contribution in [-0.2, 0) is 11.2 Å². The Labute approximate surface area is 101 Å². The number of aliphatic hydroxyl groups is 1. The highest BCUT2D eigenvalue weighted by Crippen LogP contribution is 2.17. The summed E-state index contributed by atoms with van der Waals surface area (Å²) < 4.78 is 0. The molecule has 0 radical (unpaired) electrons. The molecule has 0 aromatic heterocycles. The van der Waals surface area contributed by atoms with E-state index in [1.807, 2.05) is 24.3 Å². The summed E-state index contributed by atoms with van der Waals surface area (Å²) in [6.07, 6.45) is 2.14. The van der Waals surface area contributed by atoms with Gasteiger partial charge in [-0.2, -0.15) is 0 Å². The number of carboxylic acid groups (broad SMARTS) is 1. The normalized spacial score (nSPS) is 12.4. The van der Waals surface area contributed by atoms with Crippen molar-refractivity contribution < 1.29 is 15.0 Å². The number of carboxylic acids is 1. The quantitative estimate of drug-likeness (QED) is 0.670. The van der Waals surface area contributed by atoms with Crippen molar-refractivity contribution in [2.75, 3.05) is 6.61 Å². The molecule has 0 fully saturated rings. The van der Waals surface area contributed by atoms with Crippen LogP contribution < -0.4 is 5.73 Å². The van der Waals surface area contributed by atoms with Gasteiger partial charge < -0.3 is 15.9 Å². The van der Waals surface area contributed by atoms with E-state index in [0.29, 0.717) is 6.42 Å². The Bertz CT molecular complexity index is 348. The first-order chi connectivity index (χ1) is 8.13. The maximum atomic E-state index is 10.4. The summed E-state index contributed by atoms with van der Waals surface area (Å²) in [5.41, 5.74) is 8.01. The van der Waals surface area contributed by atoms with Crippen molar-refractivity contribution in [3.63, 3.8) is 0 Å². The van der Waals surface area contributed by atoms with Crippen LogP contribution in [0, 0.1) is 0 Å². The van der Waals surface area contributed by atoms with E-state index < -0.39 is 5.97 Å². The third-order valence-corrected chi connectivity index (χ3v) is 2.70. The Morgan fingerprint density at radius 3 is 2.47 bits per heavy atom. The summed E-state index contributed by atoms with van der Waals surface area (Å²) in [5.74, 6) is -0.819. The molecular weight excluding hydrogens is 218 g/mol. The van der Waals surface area contributed by atoms with E-state index in [1.54, 1.807) is 0 Å². The standard InChI is InChI=1S/C13H19NO3/c14-12(7-8-13(16)17)11-5-3-10(4-6-11)2-1-9-15/h3-6,12,15H,1-2,7-9,14H2,(H,16,17). The first-order valence-electron chi connectivity index (χ1n) is 5.80. The smallest absolute Gasteiger partial charge is 0.303 e. The number of aliphatic carboxylic acids is 1. The minimum Gasteiger partial charge on any atom is -0.481 e. The molecule has 4 heteroatoms. The Balaban J connectivity index is 2.51. The van der Waals surface area contributed by atoms with Crippen LogP contribution >= 0.6 is 0 Å². The van der Waals surface area contributed by atoms with Gasteiger partial charge in [-0.3, -0.25) is 4.79 Å². The molecule has 1 atom stereocenters. The first kappa shape index (κ1) is 13.7. The molecule has 0 aliphatic rings. The number of carbonyl (C=O) groups is 1. The van der Waals surface area contributed by atoms with Crippen molar-refractivity contribution in [1.82, 2.24) is 0 Å². The molecule has 4 N–H and O–H groups in total. The van der Waals surface area contributed by atoms with Crippen LogP contribution in [0.1, 0.15) is 36.4 Å². The fraction of sp³-hybridized carbons (Fsp3) is 0.462. The molecule has 17 heavy (non-hydrogen) atoms. The largest absolute Gasteiger partial charge is 0.481 e. The monoisotopic (exact) mass is 237 g/mol. The molecule has 1 aromatic carbocycles. The second-order valence-corrected chi connectivity index (χ2v) is 4.11. The molecule has 0 spiro atoms. The van der Waals surface area contributed by atoms with Crippen molar-refractivity contribution in [2.24, 2.45) is 5.73 Å². The number of benzene rings is 1. The van der Waals surface area contributed by atoms with Crippen LogP contribution in [0.4, 0.5) is 0 Å². The summed E-state index contributed by atoms with van der Waals surface area (Å²) in [5, 5.41) is 17.3. The zero-order valence-electron chi connectivity index (χ0n) is 9.80. The summed E-state index contributed by atoms with van der Waals surface area (Å²) in [7, 11) is 0. The summed E-state index contributed by atoms with van der Waals surface area (Å²) in [6.45, 7) is 0.194. The van der Waals surface area contributed by atoms with Crippen molar-refractivity contribution in [2.45, 2.75) is 31.7 Å². The lowest BCUT2D eigenvalue weighted by Gasteiger charge is -2.11. The second-order valence-electron chi connectivity index (χ2n) is 4.11. The van der Waals surface area contributed by atoms with Gasteiger partial charge >= 0.3 is 5.97 Å². The maximum absolute atomic E-state index is 10.4. The first-order valence-corrected chi connectivity index (χ1v) is 5.80. The molecule has 4 nitrogen and oxygen atoms in total. The highest BCUT2D eigenvalue weighted by molar-refractivity contribution is 5.66. The van der Waals surface area contributed by atoms with E-state index in [-0.39, 0.29) is 19.1 Å². The molecule has 0 heterocycles. The number of rotatable bonds is 7. The van der Waals surface area contributed by atoms with Crippen LogP contribution in [0.15, 0.2) is 24.3 Å². The fourth-order valence-electron chi connectivity index (χ4n) is 1.66. The van der Waals surface area contributed by atoms with Crippen LogP contribution in [0.25, 0.3) is 0 Å². The van der Waals surface area contributed by atoms with Crippen molar-refractivity contribution in [3.8, 4) is 0 Å². The third kappa shape index (κ3) is 4.97. The lowest BCUT2D eigenvalue weighted by molar-refractivity contribution is -0.137. The minimum atomic E-state index is -0.819. The molecule has 0 bridgehead atoms. The number of hydrogen-bond acceptors (Lipinski definition) is 3. The molecule has 0 aliphatic heterocycles. The highest BCUT2D eigenvalue weighted by atomic mass is 16.4. The number of aliphatic hydroxyl groups excluding tert-OH is 1. The van der Waals surface area contributed by atoms with Gasteiger partial charge in [-0.15, -0.1) is 0 Å². The Kier molecular flexibility index (Phi) is 5.66. The van der Waals surface area contributed by atoms with E-state index in [0.717, 1.165) is 24.0 Å². The molecule has 1 unspecified atom stereocenters. The Hall–Kier alpha value is -1.39. The van der Waals surface area contributed by atoms with Gasteiger partial charge in [-0.25, -0.2) is 0 Å². The van der Waals surface area contributed by atoms with E-state index in [9.17, 15) is 4.79 Å². The molecule has 94 valence electrons. The zero-order valence-corrected chi connectivity index (χ0v) is 9.80. The fourth-order valence-corrected chi connectivity index (χ4v) is 1.66. The molecule has 0 saturated carbocycles. The second kappa shape index (κ2) is 7.04. The predicted octanol–water partition coefficient (Wildman–Crippen LogP) is 1.48. The van der Waals surface area contributed by atoms with E-state index in [2.05, 4.69) is 0 Å². The van der Waals surface area contributed by atoms with E-state index >= 15 is 0 Å². The van der Waals surface area contributed by atoms with Crippen LogP contribution in [-0.4, -0.2) is 22.8 Å². The van der Waals surface area contributed by atoms with Gasteiger partial charge in [0, 0.05) is 19.1 Å². The SMILES string of the molecule is NC(CCC(=O)O)c1ccc(CCCO)cc1. The molecular formula is C13H19NO3. The topological polar surface area (TPSA) is 83.6 Å². The zero-order chi connectivity index (χ0) is 12.7. The van der Waals surface area contributed by atoms with E-state index in [1.165, 1.54) is 0 Å². The Morgan fingerprint density at radius 1 is 1.29 bits per heavy atom. The van der Waals surface area contributed by atoms with Gasteiger partial charge in [0.15, 0.2) is 0 Å². The van der Waals surface area contributed by atoms with Crippen molar-refractivity contribution in [1.29, 1.82) is 0 Å². The lowest BCUT2D eigenvalue weighted by Crippen LogP contribution is -2.12. The molecule has 1 rings (SSSR count). The Morgan fingerprint density at radius 2 is 1.94 bits per heavy atom. The van der Waals surface area contributed by atoms with Gasteiger partial charge in [-0.05, 0) is 30.4 Å². The number of hydrogen-bond donors (Lipinski definition) is 3. The molecule has 0 amide bonds. The molecule has 0 saturated heterocycles. The van der Waals surface area contributed by atoms with Crippen LogP contribution in [0.2, 0.25) is 0 Å². The summed E-state index contributed by atoms with van der Waals surface area (Å²) >= 11 is 0. The molecule has 0 aliphatic carbocycles. The minimum absolute atomic E-state index is 0.0907. The average molecular weight is 237 g/mol. The average Bonchev–Trinajstić information content (AvgIpc) is 2.34. The van der Waals surface area contributed by atoms with Gasteiger partial charge in [0.1, 0.15) is 0 Å². The van der Waals surface area contributed by atoms with Gasteiger partial charge in [-0.1, -0.05) is 24.3 Å². The molecule has 1 aromatic rings. The van der Waals surface area contributed by atoms with E-state index in [4.69, 9.17) is 15.9 Å². The third-order valence-electron chi connectivity index (χ3n) is 2.70. The lowest BCUT2D eigenvalue weighted by atomic mass is 10.0. The summed E-state index contributed by atoms with van der Waals surface area (Å²) in [6, 6.07) is 7.59. The predicted molar refractivity (Wildman–Crippen MR) is 65.6 cm³/mol. The van der Waals surface area contributed by atoms with Crippen LogP contribution in [0.5, 0.6) is 0 Å². The maximum Gasteiger partial charge on any atom is 0.303 e. The van der Waals surface area contributed by atoms with Crippen LogP contribution in [0.3, 0.4) is 0 Å². The number of aryl methyl sites for hydroxylation is 1. The highest BCUT2D eigenvalue weighted by Gasteiger charge is 2.08. The summed E-state index contributed by atoms with van der Waals surface area (Å²) in [4.78, 5) is 10.4. The number of nitrogens with two attached hydrogens (primary N) is 1.